The van der Waals surface area contributed by atoms with Crippen molar-refractivity contribution >= 4 is 28.6 Å². The van der Waals surface area contributed by atoms with Crippen molar-refractivity contribution in [2.45, 2.75) is 19.9 Å². The highest BCUT2D eigenvalue weighted by atomic mass is 16.5. The first-order valence-electron chi connectivity index (χ1n) is 11.2. The van der Waals surface area contributed by atoms with E-state index in [2.05, 4.69) is 15.2 Å². The van der Waals surface area contributed by atoms with Crippen LogP contribution in [0.25, 0.3) is 11.0 Å². The Balaban J connectivity index is 1.61. The number of methoxy groups -OCH3 is 1. The van der Waals surface area contributed by atoms with Gasteiger partial charge >= 0.3 is 0 Å². The molecular formula is C27H26N4O3. The topological polar surface area (TPSA) is 77.4 Å². The lowest BCUT2D eigenvalue weighted by Gasteiger charge is -2.31. The number of aromatic nitrogens is 2. The monoisotopic (exact) mass is 454 g/mol. The fraction of sp³-hybridized carbons (Fsp3) is 0.185. The van der Waals surface area contributed by atoms with Crippen LogP contribution in [0.3, 0.4) is 0 Å². The van der Waals surface area contributed by atoms with Crippen molar-refractivity contribution in [1.82, 2.24) is 9.55 Å². The van der Waals surface area contributed by atoms with E-state index in [1.165, 1.54) is 0 Å². The van der Waals surface area contributed by atoms with Crippen molar-refractivity contribution in [2.75, 3.05) is 24.4 Å². The zero-order chi connectivity index (χ0) is 23.7. The van der Waals surface area contributed by atoms with Gasteiger partial charge in [0.25, 0.3) is 5.91 Å². The van der Waals surface area contributed by atoms with Crippen LogP contribution < -0.4 is 20.1 Å². The molecule has 1 amide bonds. The molecule has 5 rings (SSSR count). The summed E-state index contributed by atoms with van der Waals surface area (Å²) in [6.45, 7) is 4.43. The molecule has 1 aliphatic heterocycles. The number of carbonyl (C=O) groups is 1. The van der Waals surface area contributed by atoms with Crippen molar-refractivity contribution in [1.29, 1.82) is 0 Å². The minimum Gasteiger partial charge on any atom is -0.496 e. The van der Waals surface area contributed by atoms with Crippen LogP contribution in [0, 0.1) is 0 Å². The molecule has 0 bridgehead atoms. The lowest BCUT2D eigenvalue weighted by molar-refractivity contribution is -0.113. The standard InChI is InChI=1S/C27H26N4O3/c1-4-34-19-15-13-18(14-16-19)29-26(32)24-17(2)28-27-30-21-10-6-7-11-22(21)31(27)25(24)20-9-5-8-12-23(20)33-3/h5-16,25H,4H2,1-3H3,(H,28,30)(H,29,32)/t25-/m1/s1. The highest BCUT2D eigenvalue weighted by Crippen LogP contribution is 2.42. The molecular weight excluding hydrogens is 428 g/mol. The highest BCUT2D eigenvalue weighted by molar-refractivity contribution is 6.06. The summed E-state index contributed by atoms with van der Waals surface area (Å²) >= 11 is 0. The maximum atomic E-state index is 13.7. The van der Waals surface area contributed by atoms with Crippen LogP contribution in [0.2, 0.25) is 0 Å². The molecule has 0 saturated heterocycles. The number of imidazole rings is 1. The molecule has 0 aliphatic carbocycles. The molecule has 0 saturated carbocycles. The molecule has 7 heteroatoms. The number of hydrogen-bond donors (Lipinski definition) is 2. The molecule has 1 aliphatic rings. The number of para-hydroxylation sites is 3. The first kappa shape index (κ1) is 21.6. The first-order valence-corrected chi connectivity index (χ1v) is 11.2. The Morgan fingerprint density at radius 2 is 1.79 bits per heavy atom. The smallest absolute Gasteiger partial charge is 0.255 e. The van der Waals surface area contributed by atoms with E-state index in [1.54, 1.807) is 7.11 Å². The molecule has 7 nitrogen and oxygen atoms in total. The number of fused-ring (bicyclic) bond motifs is 3. The molecule has 0 fully saturated rings. The molecule has 1 aromatic heterocycles. The molecule has 0 unspecified atom stereocenters. The fourth-order valence-corrected chi connectivity index (χ4v) is 4.44. The number of carbonyl (C=O) groups excluding carboxylic acids is 1. The molecule has 172 valence electrons. The Kier molecular flexibility index (Phi) is 5.67. The molecule has 2 N–H and O–H groups in total. The summed E-state index contributed by atoms with van der Waals surface area (Å²) in [5.41, 5.74) is 4.68. The second-order valence-electron chi connectivity index (χ2n) is 8.01. The Hall–Kier alpha value is -4.26. The van der Waals surface area contributed by atoms with Crippen LogP contribution in [0.5, 0.6) is 11.5 Å². The van der Waals surface area contributed by atoms with Crippen molar-refractivity contribution < 1.29 is 14.3 Å². The Morgan fingerprint density at radius 3 is 2.56 bits per heavy atom. The van der Waals surface area contributed by atoms with Crippen LogP contribution in [0.4, 0.5) is 11.6 Å². The lowest BCUT2D eigenvalue weighted by Crippen LogP contribution is -2.31. The second-order valence-corrected chi connectivity index (χ2v) is 8.01. The second kappa shape index (κ2) is 8.94. The largest absolute Gasteiger partial charge is 0.496 e. The Bertz CT molecular complexity index is 1390. The number of hydrogen-bond acceptors (Lipinski definition) is 5. The predicted octanol–water partition coefficient (Wildman–Crippen LogP) is 5.37. The number of allylic oxidation sites excluding steroid dienone is 1. The number of rotatable bonds is 6. The first-order chi connectivity index (χ1) is 16.6. The van der Waals surface area contributed by atoms with Gasteiger partial charge in [0.15, 0.2) is 0 Å². The van der Waals surface area contributed by atoms with Gasteiger partial charge in [-0.2, -0.15) is 0 Å². The lowest BCUT2D eigenvalue weighted by atomic mass is 9.93. The zero-order valence-corrected chi connectivity index (χ0v) is 19.3. The van der Waals surface area contributed by atoms with Crippen molar-refractivity contribution in [3.05, 3.63) is 89.6 Å². The van der Waals surface area contributed by atoms with Gasteiger partial charge in [-0.25, -0.2) is 4.98 Å². The van der Waals surface area contributed by atoms with E-state index >= 15 is 0 Å². The normalized spacial score (nSPS) is 15.0. The van der Waals surface area contributed by atoms with Gasteiger partial charge in [-0.05, 0) is 56.3 Å². The Morgan fingerprint density at radius 1 is 1.06 bits per heavy atom. The summed E-state index contributed by atoms with van der Waals surface area (Å²) in [7, 11) is 1.64. The Labute approximate surface area is 198 Å². The molecule has 1 atom stereocenters. The van der Waals surface area contributed by atoms with Crippen molar-refractivity contribution in [3.8, 4) is 11.5 Å². The predicted molar refractivity (Wildman–Crippen MR) is 133 cm³/mol. The average molecular weight is 455 g/mol. The van der Waals surface area contributed by atoms with Crippen LogP contribution in [-0.4, -0.2) is 29.2 Å². The molecule has 34 heavy (non-hydrogen) atoms. The van der Waals surface area contributed by atoms with Gasteiger partial charge in [-0.15, -0.1) is 0 Å². The van der Waals surface area contributed by atoms with Gasteiger partial charge in [0.1, 0.15) is 11.5 Å². The summed E-state index contributed by atoms with van der Waals surface area (Å²) in [6.07, 6.45) is 0. The van der Waals surface area contributed by atoms with Gasteiger partial charge in [0, 0.05) is 16.9 Å². The number of nitrogens with one attached hydrogen (secondary N) is 2. The van der Waals surface area contributed by atoms with Crippen LogP contribution >= 0.6 is 0 Å². The summed E-state index contributed by atoms with van der Waals surface area (Å²) in [5, 5.41) is 6.39. The third-order valence-corrected chi connectivity index (χ3v) is 5.93. The average Bonchev–Trinajstić information content (AvgIpc) is 3.22. The number of benzene rings is 3. The summed E-state index contributed by atoms with van der Waals surface area (Å²) in [6, 6.07) is 22.6. The molecule has 4 aromatic rings. The van der Waals surface area contributed by atoms with Crippen LogP contribution in [0.15, 0.2) is 84.1 Å². The summed E-state index contributed by atoms with van der Waals surface area (Å²) in [4.78, 5) is 18.5. The minimum atomic E-state index is -0.428. The van der Waals surface area contributed by atoms with Gasteiger partial charge < -0.3 is 20.1 Å². The zero-order valence-electron chi connectivity index (χ0n) is 19.3. The third kappa shape index (κ3) is 3.75. The minimum absolute atomic E-state index is 0.200. The number of amides is 1. The molecule has 0 radical (unpaired) electrons. The van der Waals surface area contributed by atoms with E-state index in [0.717, 1.165) is 28.0 Å². The number of ether oxygens (including phenoxy) is 2. The highest BCUT2D eigenvalue weighted by Gasteiger charge is 2.35. The molecule has 2 heterocycles. The van der Waals surface area contributed by atoms with Gasteiger partial charge in [0.2, 0.25) is 5.95 Å². The third-order valence-electron chi connectivity index (χ3n) is 5.93. The summed E-state index contributed by atoms with van der Waals surface area (Å²) < 4.78 is 13.3. The van der Waals surface area contributed by atoms with Crippen molar-refractivity contribution in [2.24, 2.45) is 0 Å². The van der Waals surface area contributed by atoms with E-state index < -0.39 is 6.04 Å². The molecule has 3 aromatic carbocycles. The van der Waals surface area contributed by atoms with Gasteiger partial charge in [-0.3, -0.25) is 9.36 Å². The SMILES string of the molecule is CCOc1ccc(NC(=O)C2=C(C)Nc3nc4ccccc4n3[C@@H]2c2ccccc2OC)cc1. The fourth-order valence-electron chi connectivity index (χ4n) is 4.44. The van der Waals surface area contributed by atoms with Crippen LogP contribution in [-0.2, 0) is 4.79 Å². The molecule has 0 spiro atoms. The summed E-state index contributed by atoms with van der Waals surface area (Å²) in [5.74, 6) is 1.95. The maximum Gasteiger partial charge on any atom is 0.255 e. The van der Waals surface area contributed by atoms with E-state index in [0.29, 0.717) is 29.6 Å². The van der Waals surface area contributed by atoms with Gasteiger partial charge in [-0.1, -0.05) is 30.3 Å². The quantitative estimate of drug-likeness (QED) is 0.410. The van der Waals surface area contributed by atoms with Gasteiger partial charge in [0.05, 0.1) is 36.4 Å². The van der Waals surface area contributed by atoms with Crippen molar-refractivity contribution in [3.63, 3.8) is 0 Å². The number of anilines is 2. The van der Waals surface area contributed by atoms with Crippen LogP contribution in [0.1, 0.15) is 25.5 Å². The maximum absolute atomic E-state index is 13.7. The van der Waals surface area contributed by atoms with E-state index in [-0.39, 0.29) is 5.91 Å². The number of nitrogens with zero attached hydrogens (tertiary/aromatic N) is 2. The van der Waals surface area contributed by atoms with E-state index in [4.69, 9.17) is 14.5 Å². The van der Waals surface area contributed by atoms with E-state index in [9.17, 15) is 4.79 Å². The van der Waals surface area contributed by atoms with E-state index in [1.807, 2.05) is 86.6 Å².